The molecule has 2 aliphatic carbocycles. The van der Waals surface area contributed by atoms with E-state index in [0.717, 1.165) is 66.9 Å². The van der Waals surface area contributed by atoms with Gasteiger partial charge in [0.05, 0.1) is 22.1 Å². The fourth-order valence-corrected chi connectivity index (χ4v) is 16.5. The summed E-state index contributed by atoms with van der Waals surface area (Å²) in [6, 6.07) is 19.4. The van der Waals surface area contributed by atoms with Crippen LogP contribution in [0.1, 0.15) is 179 Å². The first kappa shape index (κ1) is 54.2. The maximum atomic E-state index is 14.2. The number of halogens is 1. The van der Waals surface area contributed by atoms with Crippen molar-refractivity contribution in [1.29, 1.82) is 0 Å². The van der Waals surface area contributed by atoms with Crippen molar-refractivity contribution in [1.82, 2.24) is 55.5 Å². The predicted molar refractivity (Wildman–Crippen MR) is 305 cm³/mol. The van der Waals surface area contributed by atoms with Crippen molar-refractivity contribution in [2.24, 2.45) is 0 Å². The SMILES string of the molecule is O=C1NC(=O)C2(CCN(c3nc4ccccc4n(C4C[C@H]5CC[C@@H](C4)N5C4CCCCCCC4)c3=O)CC2)N1.O=C1NC(=O)C2(CCNCC2)N1.O=c1c(Cl)nc2ccccc2n1C1C[C@H]2CC[C@@H](C1)N2C1CCCCCCC1. The molecule has 18 nitrogen and oxygen atoms in total. The standard InChI is InChI=1S/C30H40N6O3.C23H30ClN3O.C7H11N3O2/c37-27-26(34-16-14-30(15-17-34)28(38)32-29(39)33-30)31-24-10-6-7-11-25(24)36(27)23-18-21-12-13-22(19-23)35(21)20-8-4-2-1-3-5-9-20;24-22-23(28)27(21-11-7-6-10-20(21)25-22)19-14-17-12-13-18(15-19)26(17)16-8-4-2-1-3-5-9-16;11-5-7(10-6(12)9-5)1-3-8-4-2-7/h6-7,10-11,20-23H,1-5,8-9,12-19H2,(H2,32,33,38,39);6-7,10-11,16-19H,1-5,8-9,12-15H2;8H,1-4H2,(H2,9,10,11,12)/t21-,22+,23?;17-,18+,19?;. The minimum Gasteiger partial charge on any atom is -0.352 e. The number of fused-ring (bicyclic) bond motifs is 6. The summed E-state index contributed by atoms with van der Waals surface area (Å²) in [5, 5.41) is 13.4. The Balaban J connectivity index is 0.000000135. The molecule has 10 aliphatic rings. The molecule has 2 saturated carbocycles. The Kier molecular flexibility index (Phi) is 15.9. The second-order valence-electron chi connectivity index (χ2n) is 24.8. The Bertz CT molecular complexity index is 3000. The normalized spacial score (nSPS) is 29.4. The summed E-state index contributed by atoms with van der Waals surface area (Å²) in [6.45, 7) is 2.57. The van der Waals surface area contributed by atoms with Gasteiger partial charge in [0.25, 0.3) is 22.9 Å². The Morgan fingerprint density at radius 2 is 0.861 bits per heavy atom. The molecule has 6 atom stereocenters. The number of carbonyl (C=O) groups excluding carboxylic acids is 4. The molecule has 10 heterocycles. The quantitative estimate of drug-likeness (QED) is 0.120. The van der Waals surface area contributed by atoms with Gasteiger partial charge in [-0.25, -0.2) is 19.6 Å². The number of para-hydroxylation sites is 4. The van der Waals surface area contributed by atoms with Crippen molar-refractivity contribution in [2.45, 2.75) is 226 Å². The second-order valence-corrected chi connectivity index (χ2v) is 25.2. The lowest BCUT2D eigenvalue weighted by atomic mass is 9.87. The van der Waals surface area contributed by atoms with Crippen LogP contribution in [0, 0.1) is 0 Å². The number of imide groups is 2. The number of carbonyl (C=O) groups is 4. The van der Waals surface area contributed by atoms with Crippen molar-refractivity contribution in [3.63, 3.8) is 0 Å². The average Bonchev–Trinajstić information content (AvgIpc) is 4.20. The van der Waals surface area contributed by atoms with E-state index in [4.69, 9.17) is 16.6 Å². The Morgan fingerprint density at radius 1 is 0.456 bits per heavy atom. The van der Waals surface area contributed by atoms with E-state index in [1.807, 2.05) is 58.0 Å². The third-order valence-corrected chi connectivity index (χ3v) is 20.4. The van der Waals surface area contributed by atoms with E-state index in [0.29, 0.717) is 74.8 Å². The molecule has 0 radical (unpaired) electrons. The highest BCUT2D eigenvalue weighted by molar-refractivity contribution is 6.29. The first-order valence-corrected chi connectivity index (χ1v) is 30.8. The summed E-state index contributed by atoms with van der Waals surface area (Å²) in [7, 11) is 0. The monoisotopic (exact) mass is 1100 g/mol. The lowest BCUT2D eigenvalue weighted by Crippen LogP contribution is -2.56. The van der Waals surface area contributed by atoms with Crippen LogP contribution >= 0.6 is 11.6 Å². The first-order chi connectivity index (χ1) is 38.5. The van der Waals surface area contributed by atoms with Crippen LogP contribution in [0.3, 0.4) is 0 Å². The Morgan fingerprint density at radius 3 is 1.30 bits per heavy atom. The number of amides is 6. The predicted octanol–water partition coefficient (Wildman–Crippen LogP) is 8.13. The molecule has 4 aromatic rings. The number of aromatic nitrogens is 4. The zero-order valence-electron chi connectivity index (χ0n) is 45.9. The van der Waals surface area contributed by atoms with Gasteiger partial charge in [-0.1, -0.05) is 100 Å². The highest BCUT2D eigenvalue weighted by Crippen LogP contribution is 2.46. The van der Waals surface area contributed by atoms with Gasteiger partial charge in [0.2, 0.25) is 0 Å². The number of hydrogen-bond donors (Lipinski definition) is 5. The molecule has 2 aromatic heterocycles. The van der Waals surface area contributed by atoms with Crippen LogP contribution in [0.5, 0.6) is 0 Å². The highest BCUT2D eigenvalue weighted by atomic mass is 35.5. The first-order valence-electron chi connectivity index (χ1n) is 30.4. The number of nitrogens with one attached hydrogen (secondary N) is 5. The molecule has 8 aliphatic heterocycles. The van der Waals surface area contributed by atoms with Gasteiger partial charge in [-0.15, -0.1) is 0 Å². The lowest BCUT2D eigenvalue weighted by molar-refractivity contribution is -0.125. The third kappa shape index (κ3) is 10.8. The van der Waals surface area contributed by atoms with E-state index >= 15 is 0 Å². The van der Waals surface area contributed by atoms with Gasteiger partial charge in [-0.3, -0.25) is 39.6 Å². The van der Waals surface area contributed by atoms with Crippen LogP contribution in [0.25, 0.3) is 22.1 Å². The number of rotatable bonds is 5. The number of benzene rings is 2. The van der Waals surface area contributed by atoms with Crippen molar-refractivity contribution in [3.05, 3.63) is 74.4 Å². The van der Waals surface area contributed by atoms with E-state index in [9.17, 15) is 28.8 Å². The largest absolute Gasteiger partial charge is 0.352 e. The van der Waals surface area contributed by atoms with Crippen LogP contribution in [0.2, 0.25) is 5.15 Å². The molecular formula is C60H81ClN12O6. The molecule has 2 aromatic carbocycles. The van der Waals surface area contributed by atoms with Crippen molar-refractivity contribution < 1.29 is 19.2 Å². The van der Waals surface area contributed by atoms with E-state index in [-0.39, 0.29) is 46.2 Å². The summed E-state index contributed by atoms with van der Waals surface area (Å²) in [6.07, 6.45) is 30.7. The van der Waals surface area contributed by atoms with Crippen LogP contribution in [-0.2, 0) is 9.59 Å². The summed E-state index contributed by atoms with van der Waals surface area (Å²) < 4.78 is 4.03. The van der Waals surface area contributed by atoms with Crippen LogP contribution in [0.4, 0.5) is 15.4 Å². The van der Waals surface area contributed by atoms with Crippen LogP contribution in [-0.4, -0.2) is 126 Å². The molecule has 8 saturated heterocycles. The maximum Gasteiger partial charge on any atom is 0.322 e. The van der Waals surface area contributed by atoms with Gasteiger partial charge in [0.15, 0.2) is 11.0 Å². The van der Waals surface area contributed by atoms with E-state index in [1.54, 1.807) is 0 Å². The number of hydrogen-bond acceptors (Lipinski definition) is 12. The average molecular weight is 1100 g/mol. The van der Waals surface area contributed by atoms with E-state index < -0.39 is 17.1 Å². The van der Waals surface area contributed by atoms with Gasteiger partial charge in [0.1, 0.15) is 11.1 Å². The zero-order chi connectivity index (χ0) is 54.3. The second kappa shape index (κ2) is 23.2. The molecule has 2 unspecified atom stereocenters. The van der Waals surface area contributed by atoms with Crippen molar-refractivity contribution in [3.8, 4) is 0 Å². The van der Waals surface area contributed by atoms with Crippen molar-refractivity contribution >= 4 is 63.4 Å². The van der Waals surface area contributed by atoms with E-state index in [2.05, 4.69) is 45.9 Å². The molecule has 14 rings (SSSR count). The fourth-order valence-electron chi connectivity index (χ4n) is 16.4. The van der Waals surface area contributed by atoms with Gasteiger partial charge < -0.3 is 30.0 Å². The molecule has 19 heteroatoms. The Labute approximate surface area is 467 Å². The molecule has 6 amide bonds. The maximum absolute atomic E-state index is 14.2. The molecule has 5 N–H and O–H groups in total. The molecular weight excluding hydrogens is 1020 g/mol. The number of anilines is 1. The lowest BCUT2D eigenvalue weighted by Gasteiger charge is -2.45. The highest BCUT2D eigenvalue weighted by Gasteiger charge is 2.50. The molecule has 10 fully saturated rings. The minimum absolute atomic E-state index is 0.0200. The fraction of sp³-hybridized carbons (Fsp3) is 0.667. The van der Waals surface area contributed by atoms with Gasteiger partial charge in [0, 0.05) is 61.4 Å². The number of urea groups is 2. The smallest absolute Gasteiger partial charge is 0.322 e. The molecule has 2 spiro atoms. The minimum atomic E-state index is -0.869. The summed E-state index contributed by atoms with van der Waals surface area (Å²) in [4.78, 5) is 90.5. The Hall–Kier alpha value is -5.43. The van der Waals surface area contributed by atoms with Crippen LogP contribution in [0.15, 0.2) is 58.1 Å². The van der Waals surface area contributed by atoms with Gasteiger partial charge in [-0.2, -0.15) is 0 Å². The summed E-state index contributed by atoms with van der Waals surface area (Å²) >= 11 is 6.23. The molecule has 424 valence electrons. The third-order valence-electron chi connectivity index (χ3n) is 20.2. The zero-order valence-corrected chi connectivity index (χ0v) is 46.7. The summed E-state index contributed by atoms with van der Waals surface area (Å²) in [5.41, 5.74) is 1.90. The van der Waals surface area contributed by atoms with E-state index in [1.165, 1.54) is 116 Å². The molecule has 4 bridgehead atoms. The summed E-state index contributed by atoms with van der Waals surface area (Å²) in [5.74, 6) is 0.0413. The number of nitrogens with zero attached hydrogens (tertiary/aromatic N) is 7. The van der Waals surface area contributed by atoms with Gasteiger partial charge in [-0.05, 0) is 140 Å². The van der Waals surface area contributed by atoms with Crippen molar-refractivity contribution in [2.75, 3.05) is 31.1 Å². The van der Waals surface area contributed by atoms with Gasteiger partial charge >= 0.3 is 12.1 Å². The topological polar surface area (TPSA) is 208 Å². The number of piperidine rings is 4. The van der Waals surface area contributed by atoms with Crippen LogP contribution < -0.4 is 42.6 Å². The molecule has 79 heavy (non-hydrogen) atoms.